The number of halogens is 2. The molecule has 0 unspecified atom stereocenters. The van der Waals surface area contributed by atoms with Crippen LogP contribution in [0.1, 0.15) is 0 Å². The number of nitrogens with zero attached hydrogens (tertiary/aromatic N) is 1. The number of aromatic nitrogens is 1. The summed E-state index contributed by atoms with van der Waals surface area (Å²) in [6, 6.07) is 11.6. The molecule has 6 heteroatoms. The van der Waals surface area contributed by atoms with E-state index in [9.17, 15) is 5.11 Å². The van der Waals surface area contributed by atoms with Gasteiger partial charge in [-0.2, -0.15) is 0 Å². The lowest BCUT2D eigenvalue weighted by Crippen LogP contribution is -2.87. The number of hydrogen-bond acceptors (Lipinski definition) is 2. The van der Waals surface area contributed by atoms with E-state index in [-0.39, 0.29) is 0 Å². The molecule has 0 fully saturated rings. The van der Waals surface area contributed by atoms with Crippen molar-refractivity contribution in [3.05, 3.63) is 46.4 Å². The van der Waals surface area contributed by atoms with Gasteiger partial charge in [-0.3, -0.25) is 0 Å². The Labute approximate surface area is 150 Å². The Morgan fingerprint density at radius 3 is 2.21 bits per heavy atom. The molecule has 2 aromatic carbocycles. The number of rotatable bonds is 7. The number of ether oxygens (including phenoxy) is 1. The van der Waals surface area contributed by atoms with Gasteiger partial charge in [0.15, 0.2) is 0 Å². The average molecular weight is 368 g/mol. The summed E-state index contributed by atoms with van der Waals surface area (Å²) < 4.78 is 7.16. The lowest BCUT2D eigenvalue weighted by atomic mass is 10.1. The zero-order valence-electron chi connectivity index (χ0n) is 13.5. The summed E-state index contributed by atoms with van der Waals surface area (Å²) in [5.41, 5.74) is 2.10. The number of aliphatic hydroxyl groups excluding tert-OH is 1. The topological polar surface area (TPSA) is 51.0 Å². The van der Waals surface area contributed by atoms with Crippen LogP contribution in [0.2, 0.25) is 10.0 Å². The molecular weight excluding hydrogens is 347 g/mol. The van der Waals surface area contributed by atoms with Gasteiger partial charge in [0.2, 0.25) is 0 Å². The van der Waals surface area contributed by atoms with Crippen molar-refractivity contribution in [3.8, 4) is 0 Å². The number of nitrogens with two attached hydrogens (primary N) is 1. The van der Waals surface area contributed by atoms with E-state index >= 15 is 0 Å². The molecule has 0 bridgehead atoms. The molecule has 0 saturated carbocycles. The van der Waals surface area contributed by atoms with Crippen molar-refractivity contribution in [2.75, 3.05) is 26.8 Å². The molecule has 4 nitrogen and oxygen atoms in total. The van der Waals surface area contributed by atoms with Crippen molar-refractivity contribution in [1.29, 1.82) is 0 Å². The summed E-state index contributed by atoms with van der Waals surface area (Å²) in [5.74, 6) is 0. The molecule has 1 atom stereocenters. The SMILES string of the molecule is COCC[NH2+]C[C@@H](O)Cn1c2ccc(Cl)cc2c2cc(Cl)ccc21. The number of fused-ring (bicyclic) bond motifs is 3. The second-order valence-corrected chi connectivity index (χ2v) is 6.77. The van der Waals surface area contributed by atoms with Crippen LogP contribution in [-0.4, -0.2) is 42.6 Å². The number of hydrogen-bond donors (Lipinski definition) is 2. The Hall–Kier alpha value is -1.30. The Kier molecular flexibility index (Phi) is 5.64. The number of methoxy groups -OCH3 is 1. The molecule has 0 amide bonds. The molecule has 3 N–H and O–H groups in total. The van der Waals surface area contributed by atoms with Crippen molar-refractivity contribution in [3.63, 3.8) is 0 Å². The minimum atomic E-state index is -0.452. The van der Waals surface area contributed by atoms with Gasteiger partial charge >= 0.3 is 0 Å². The quantitative estimate of drug-likeness (QED) is 0.630. The lowest BCUT2D eigenvalue weighted by Gasteiger charge is -2.13. The highest BCUT2D eigenvalue weighted by molar-refractivity contribution is 6.33. The van der Waals surface area contributed by atoms with Crippen LogP contribution < -0.4 is 5.32 Å². The Bertz CT molecular complexity index is 789. The number of aliphatic hydroxyl groups is 1. The van der Waals surface area contributed by atoms with Crippen LogP contribution in [0.5, 0.6) is 0 Å². The van der Waals surface area contributed by atoms with Gasteiger partial charge in [-0.25, -0.2) is 0 Å². The maximum atomic E-state index is 10.4. The first-order valence-electron chi connectivity index (χ1n) is 7.96. The van der Waals surface area contributed by atoms with Crippen LogP contribution in [0.25, 0.3) is 21.8 Å². The largest absolute Gasteiger partial charge is 0.385 e. The molecular formula is C18H21Cl2N2O2+. The van der Waals surface area contributed by atoms with E-state index in [2.05, 4.69) is 9.88 Å². The standard InChI is InChI=1S/C18H20Cl2N2O2/c1-24-7-6-21-10-14(23)11-22-17-4-2-12(19)8-15(17)16-9-13(20)3-5-18(16)22/h2-5,8-9,14,21,23H,6-7,10-11H2,1H3/p+1/t14-/m1/s1. The second kappa shape index (κ2) is 7.72. The molecule has 0 radical (unpaired) electrons. The van der Waals surface area contributed by atoms with E-state index in [0.29, 0.717) is 29.7 Å². The van der Waals surface area contributed by atoms with Gasteiger partial charge in [0.1, 0.15) is 12.6 Å². The van der Waals surface area contributed by atoms with E-state index in [1.54, 1.807) is 7.11 Å². The van der Waals surface area contributed by atoms with Crippen LogP contribution in [0.4, 0.5) is 0 Å². The van der Waals surface area contributed by atoms with Crippen molar-refractivity contribution < 1.29 is 15.2 Å². The molecule has 1 aromatic heterocycles. The Balaban J connectivity index is 1.93. The molecule has 1 heterocycles. The summed E-state index contributed by atoms with van der Waals surface area (Å²) in [4.78, 5) is 0. The van der Waals surface area contributed by atoms with Crippen LogP contribution in [0, 0.1) is 0 Å². The van der Waals surface area contributed by atoms with Gasteiger partial charge in [0.25, 0.3) is 0 Å². The summed E-state index contributed by atoms with van der Waals surface area (Å²) in [6.07, 6.45) is -0.452. The highest BCUT2D eigenvalue weighted by Gasteiger charge is 2.15. The lowest BCUT2D eigenvalue weighted by molar-refractivity contribution is -0.662. The van der Waals surface area contributed by atoms with Crippen LogP contribution >= 0.6 is 23.2 Å². The van der Waals surface area contributed by atoms with E-state index in [1.165, 1.54) is 0 Å². The molecule has 3 aromatic rings. The van der Waals surface area contributed by atoms with Crippen molar-refractivity contribution in [2.45, 2.75) is 12.6 Å². The second-order valence-electron chi connectivity index (χ2n) is 5.89. The highest BCUT2D eigenvalue weighted by Crippen LogP contribution is 2.32. The third kappa shape index (κ3) is 3.68. The molecule has 3 rings (SSSR count). The monoisotopic (exact) mass is 367 g/mol. The molecule has 0 spiro atoms. The predicted molar refractivity (Wildman–Crippen MR) is 99.0 cm³/mol. The fourth-order valence-corrected chi connectivity index (χ4v) is 3.39. The minimum Gasteiger partial charge on any atom is -0.385 e. The molecule has 0 saturated heterocycles. The third-order valence-corrected chi connectivity index (χ3v) is 4.62. The van der Waals surface area contributed by atoms with Crippen molar-refractivity contribution in [2.24, 2.45) is 0 Å². The molecule has 128 valence electrons. The van der Waals surface area contributed by atoms with Gasteiger partial charge in [-0.05, 0) is 36.4 Å². The maximum absolute atomic E-state index is 10.4. The van der Waals surface area contributed by atoms with Gasteiger partial charge in [-0.1, -0.05) is 23.2 Å². The first-order valence-corrected chi connectivity index (χ1v) is 8.71. The van der Waals surface area contributed by atoms with Gasteiger partial charge in [0, 0.05) is 39.0 Å². The minimum absolute atomic E-state index is 0.452. The zero-order chi connectivity index (χ0) is 17.1. The number of benzene rings is 2. The summed E-state index contributed by atoms with van der Waals surface area (Å²) >= 11 is 12.3. The fraction of sp³-hybridized carbons (Fsp3) is 0.333. The summed E-state index contributed by atoms with van der Waals surface area (Å²) in [7, 11) is 1.68. The normalized spacial score (nSPS) is 13.0. The molecule has 0 aliphatic heterocycles. The number of quaternary nitrogens is 1. The highest BCUT2D eigenvalue weighted by atomic mass is 35.5. The van der Waals surface area contributed by atoms with E-state index in [1.807, 2.05) is 36.4 Å². The first kappa shape index (κ1) is 17.5. The van der Waals surface area contributed by atoms with E-state index in [4.69, 9.17) is 27.9 Å². The van der Waals surface area contributed by atoms with Crippen molar-refractivity contribution in [1.82, 2.24) is 4.57 Å². The van der Waals surface area contributed by atoms with Gasteiger partial charge < -0.3 is 19.7 Å². The first-order chi connectivity index (χ1) is 11.6. The predicted octanol–water partition coefficient (Wildman–Crippen LogP) is 2.67. The Morgan fingerprint density at radius 1 is 1.08 bits per heavy atom. The maximum Gasteiger partial charge on any atom is 0.121 e. The van der Waals surface area contributed by atoms with Gasteiger partial charge in [0.05, 0.1) is 19.7 Å². The van der Waals surface area contributed by atoms with Crippen LogP contribution in [-0.2, 0) is 11.3 Å². The summed E-state index contributed by atoms with van der Waals surface area (Å²) in [6.45, 7) is 2.67. The molecule has 24 heavy (non-hydrogen) atoms. The summed E-state index contributed by atoms with van der Waals surface area (Å²) in [5, 5.41) is 16.0. The molecule has 0 aliphatic rings. The smallest absolute Gasteiger partial charge is 0.121 e. The fourth-order valence-electron chi connectivity index (χ4n) is 3.04. The average Bonchev–Trinajstić information content (AvgIpc) is 2.84. The van der Waals surface area contributed by atoms with Gasteiger partial charge in [-0.15, -0.1) is 0 Å². The van der Waals surface area contributed by atoms with E-state index < -0.39 is 6.10 Å². The van der Waals surface area contributed by atoms with Crippen molar-refractivity contribution >= 4 is 45.0 Å². The molecule has 0 aliphatic carbocycles. The Morgan fingerprint density at radius 2 is 1.67 bits per heavy atom. The van der Waals surface area contributed by atoms with Crippen LogP contribution in [0.3, 0.4) is 0 Å². The zero-order valence-corrected chi connectivity index (χ0v) is 15.0. The van der Waals surface area contributed by atoms with E-state index in [0.717, 1.165) is 28.4 Å². The van der Waals surface area contributed by atoms with Crippen LogP contribution in [0.15, 0.2) is 36.4 Å². The third-order valence-electron chi connectivity index (χ3n) is 4.15.